The molecule has 6 heteroatoms. The molecule has 0 radical (unpaired) electrons. The fourth-order valence-electron chi connectivity index (χ4n) is 4.67. The smallest absolute Gasteiger partial charge is 0.306 e. The molecule has 3 atom stereocenters. The number of ether oxygens (including phenoxy) is 1. The lowest BCUT2D eigenvalue weighted by molar-refractivity contribution is -0.149. The summed E-state index contributed by atoms with van der Waals surface area (Å²) in [6, 6.07) is 9.83. The van der Waals surface area contributed by atoms with Crippen molar-refractivity contribution in [3.05, 3.63) is 48.4 Å². The van der Waals surface area contributed by atoms with Crippen molar-refractivity contribution in [1.82, 2.24) is 4.98 Å². The number of esters is 1. The summed E-state index contributed by atoms with van der Waals surface area (Å²) in [5, 5.41) is 2.51. The summed E-state index contributed by atoms with van der Waals surface area (Å²) in [7, 11) is 0. The summed E-state index contributed by atoms with van der Waals surface area (Å²) < 4.78 is 5.33. The fourth-order valence-corrected chi connectivity index (χ4v) is 5.53. The molecular formula is C23H26N2O3S. The number of fused-ring (bicyclic) bond motifs is 2. The van der Waals surface area contributed by atoms with Gasteiger partial charge in [0.25, 0.3) is 5.91 Å². The third-order valence-electron chi connectivity index (χ3n) is 6.08. The van der Waals surface area contributed by atoms with Gasteiger partial charge < -0.3 is 4.74 Å². The Kier molecular flexibility index (Phi) is 6.09. The van der Waals surface area contributed by atoms with Crippen LogP contribution in [0.15, 0.2) is 48.4 Å². The van der Waals surface area contributed by atoms with Gasteiger partial charge in [-0.2, -0.15) is 0 Å². The summed E-state index contributed by atoms with van der Waals surface area (Å²) in [6.07, 6.45) is 7.03. The fraction of sp³-hybridized carbons (Fsp3) is 0.435. The normalized spacial score (nSPS) is 22.4. The Balaban J connectivity index is 1.34. The number of hydrogen-bond acceptors (Lipinski definition) is 5. The quantitative estimate of drug-likeness (QED) is 0.468. The van der Waals surface area contributed by atoms with E-state index in [1.165, 1.54) is 35.5 Å². The molecule has 2 aliphatic rings. The van der Waals surface area contributed by atoms with Crippen LogP contribution in [-0.4, -0.2) is 30.0 Å². The van der Waals surface area contributed by atoms with Crippen molar-refractivity contribution in [3.8, 4) is 11.3 Å². The van der Waals surface area contributed by atoms with Crippen molar-refractivity contribution in [3.63, 3.8) is 0 Å². The van der Waals surface area contributed by atoms with Crippen LogP contribution in [-0.2, 0) is 14.3 Å². The zero-order chi connectivity index (χ0) is 20.2. The maximum absolute atomic E-state index is 12.7. The average Bonchev–Trinajstić information content (AvgIpc) is 3.48. The number of thiazole rings is 1. The zero-order valence-corrected chi connectivity index (χ0v) is 17.3. The van der Waals surface area contributed by atoms with E-state index in [1.54, 1.807) is 6.08 Å². The van der Waals surface area contributed by atoms with Gasteiger partial charge >= 0.3 is 5.97 Å². The van der Waals surface area contributed by atoms with E-state index in [1.807, 2.05) is 35.7 Å². The average molecular weight is 411 g/mol. The second-order valence-corrected chi connectivity index (χ2v) is 8.81. The van der Waals surface area contributed by atoms with Gasteiger partial charge in [0.15, 0.2) is 11.7 Å². The molecule has 1 aromatic heterocycles. The van der Waals surface area contributed by atoms with Gasteiger partial charge in [0.2, 0.25) is 0 Å². The Morgan fingerprint density at radius 3 is 2.76 bits per heavy atom. The molecule has 152 valence electrons. The Morgan fingerprint density at radius 2 is 2.07 bits per heavy atom. The van der Waals surface area contributed by atoms with Gasteiger partial charge in [-0.1, -0.05) is 42.8 Å². The second-order valence-electron chi connectivity index (χ2n) is 7.97. The first kappa shape index (κ1) is 19.8. The van der Waals surface area contributed by atoms with Gasteiger partial charge in [0.1, 0.15) is 0 Å². The molecule has 2 aromatic rings. The molecule has 0 spiro atoms. The van der Waals surface area contributed by atoms with Crippen molar-refractivity contribution in [2.75, 3.05) is 18.1 Å². The highest BCUT2D eigenvalue weighted by Gasteiger charge is 2.40. The van der Waals surface area contributed by atoms with Crippen LogP contribution in [0.3, 0.4) is 0 Å². The summed E-state index contributed by atoms with van der Waals surface area (Å²) in [6.45, 7) is 3.80. The molecule has 2 saturated carbocycles. The van der Waals surface area contributed by atoms with E-state index in [9.17, 15) is 9.59 Å². The second kappa shape index (κ2) is 8.91. The van der Waals surface area contributed by atoms with Gasteiger partial charge in [-0.15, -0.1) is 17.9 Å². The van der Waals surface area contributed by atoms with Crippen LogP contribution >= 0.6 is 11.3 Å². The number of carbonyl (C=O) groups excluding carboxylic acids is 2. The highest BCUT2D eigenvalue weighted by molar-refractivity contribution is 7.14. The molecule has 1 heterocycles. The van der Waals surface area contributed by atoms with Crippen LogP contribution in [0.4, 0.5) is 5.13 Å². The van der Waals surface area contributed by atoms with Crippen molar-refractivity contribution in [1.29, 1.82) is 0 Å². The van der Waals surface area contributed by atoms with Gasteiger partial charge in [0, 0.05) is 23.9 Å². The Labute approximate surface area is 175 Å². The van der Waals surface area contributed by atoms with E-state index in [-0.39, 0.29) is 18.5 Å². The molecule has 0 unspecified atom stereocenters. The van der Waals surface area contributed by atoms with Crippen molar-refractivity contribution in [2.45, 2.75) is 32.1 Å². The number of carbonyl (C=O) groups is 2. The predicted octanol–water partition coefficient (Wildman–Crippen LogP) is 4.70. The van der Waals surface area contributed by atoms with Crippen LogP contribution in [0.25, 0.3) is 11.3 Å². The minimum atomic E-state index is -0.278. The number of rotatable bonds is 8. The van der Waals surface area contributed by atoms with Crippen molar-refractivity contribution in [2.24, 2.45) is 17.8 Å². The molecule has 5 nitrogen and oxygen atoms in total. The monoisotopic (exact) mass is 410 g/mol. The SMILES string of the molecule is C=CCN(C(=O)COC(=O)C[C@H]1C[C@@H]2CC[C@@H]1C2)c1nc(-c2ccccc2)cs1. The molecule has 0 aliphatic heterocycles. The molecule has 1 amide bonds. The Morgan fingerprint density at radius 1 is 1.24 bits per heavy atom. The predicted molar refractivity (Wildman–Crippen MR) is 115 cm³/mol. The first-order valence-corrected chi connectivity index (χ1v) is 11.1. The third kappa shape index (κ3) is 4.58. The highest BCUT2D eigenvalue weighted by atomic mass is 32.1. The standard InChI is InChI=1S/C23H26N2O3S/c1-2-10-25(23-24-20(15-29-23)17-6-4-3-5-7-17)21(26)14-28-22(27)13-19-12-16-8-9-18(19)11-16/h2-7,15-16,18-19H,1,8-14H2/t16-,18-,19-/m1/s1. The minimum Gasteiger partial charge on any atom is -0.456 e. The van der Waals surface area contributed by atoms with Crippen LogP contribution in [0.5, 0.6) is 0 Å². The van der Waals surface area contributed by atoms with E-state index in [2.05, 4.69) is 11.6 Å². The lowest BCUT2D eigenvalue weighted by atomic mass is 9.86. The van der Waals surface area contributed by atoms with Crippen molar-refractivity contribution < 1.29 is 14.3 Å². The van der Waals surface area contributed by atoms with Crippen LogP contribution in [0, 0.1) is 17.8 Å². The molecular weight excluding hydrogens is 384 g/mol. The molecule has 4 rings (SSSR count). The molecule has 0 saturated heterocycles. The molecule has 2 bridgehead atoms. The maximum atomic E-state index is 12.7. The van der Waals surface area contributed by atoms with Gasteiger partial charge in [-0.05, 0) is 37.0 Å². The number of anilines is 1. The van der Waals surface area contributed by atoms with E-state index in [0.29, 0.717) is 29.9 Å². The summed E-state index contributed by atoms with van der Waals surface area (Å²) in [5.74, 6) is 1.37. The van der Waals surface area contributed by atoms with Gasteiger partial charge in [-0.25, -0.2) is 4.98 Å². The van der Waals surface area contributed by atoms with Crippen LogP contribution in [0.1, 0.15) is 32.1 Å². The summed E-state index contributed by atoms with van der Waals surface area (Å²) >= 11 is 1.40. The Hall–Kier alpha value is -2.47. The molecule has 0 N–H and O–H groups in total. The van der Waals surface area contributed by atoms with E-state index >= 15 is 0 Å². The van der Waals surface area contributed by atoms with E-state index in [0.717, 1.165) is 23.6 Å². The summed E-state index contributed by atoms with van der Waals surface area (Å²) in [5.41, 5.74) is 1.82. The van der Waals surface area contributed by atoms with Gasteiger partial charge in [0.05, 0.1) is 5.69 Å². The number of benzene rings is 1. The summed E-state index contributed by atoms with van der Waals surface area (Å²) in [4.78, 5) is 31.1. The molecule has 2 fully saturated rings. The third-order valence-corrected chi connectivity index (χ3v) is 6.94. The lowest BCUT2D eigenvalue weighted by Gasteiger charge is -2.21. The van der Waals surface area contributed by atoms with Crippen molar-refractivity contribution >= 4 is 28.3 Å². The first-order valence-electron chi connectivity index (χ1n) is 10.2. The topological polar surface area (TPSA) is 59.5 Å². The van der Waals surface area contributed by atoms with E-state index in [4.69, 9.17) is 4.74 Å². The number of amides is 1. The lowest BCUT2D eigenvalue weighted by Crippen LogP contribution is -2.35. The Bertz CT molecular complexity index is 879. The van der Waals surface area contributed by atoms with E-state index < -0.39 is 0 Å². The molecule has 29 heavy (non-hydrogen) atoms. The number of aromatic nitrogens is 1. The largest absolute Gasteiger partial charge is 0.456 e. The zero-order valence-electron chi connectivity index (χ0n) is 16.5. The number of nitrogens with zero attached hydrogens (tertiary/aromatic N) is 2. The molecule has 2 aliphatic carbocycles. The maximum Gasteiger partial charge on any atom is 0.306 e. The minimum absolute atomic E-state index is 0.256. The van der Waals surface area contributed by atoms with Gasteiger partial charge in [-0.3, -0.25) is 14.5 Å². The number of hydrogen-bond donors (Lipinski definition) is 0. The van der Waals surface area contributed by atoms with Crippen LogP contribution < -0.4 is 4.90 Å². The molecule has 1 aromatic carbocycles. The van der Waals surface area contributed by atoms with Crippen LogP contribution in [0.2, 0.25) is 0 Å². The highest BCUT2D eigenvalue weighted by Crippen LogP contribution is 2.49. The first-order chi connectivity index (χ1) is 14.1.